The van der Waals surface area contributed by atoms with E-state index in [4.69, 9.17) is 5.73 Å². The quantitative estimate of drug-likeness (QED) is 0.695. The fraction of sp³-hybridized carbons (Fsp3) is 0.462. The molecule has 1 amide bonds. The molecule has 92 valence electrons. The number of nitrogens with one attached hydrogen (secondary N) is 1. The molecule has 0 spiro atoms. The Balaban J connectivity index is 1.92. The molecule has 0 saturated heterocycles. The second kappa shape index (κ2) is 4.75. The van der Waals surface area contributed by atoms with Gasteiger partial charge in [0.05, 0.1) is 0 Å². The van der Waals surface area contributed by atoms with Crippen LogP contribution in [0.4, 0.5) is 5.69 Å². The minimum absolute atomic E-state index is 0.0209. The summed E-state index contributed by atoms with van der Waals surface area (Å²) >= 11 is 0. The zero-order valence-electron chi connectivity index (χ0n) is 9.94. The minimum Gasteiger partial charge on any atom is -0.508 e. The lowest BCUT2D eigenvalue weighted by Crippen LogP contribution is -2.29. The third-order valence-corrected chi connectivity index (χ3v) is 3.13. The molecule has 1 aliphatic rings. The highest BCUT2D eigenvalue weighted by molar-refractivity contribution is 5.92. The van der Waals surface area contributed by atoms with Gasteiger partial charge in [0.15, 0.2) is 0 Å². The molecule has 0 aliphatic heterocycles. The molecule has 1 aromatic rings. The Bertz CT molecular complexity index is 427. The number of anilines is 1. The lowest BCUT2D eigenvalue weighted by Gasteiger charge is -2.12. The molecule has 0 aromatic heterocycles. The van der Waals surface area contributed by atoms with Gasteiger partial charge in [-0.3, -0.25) is 4.79 Å². The van der Waals surface area contributed by atoms with E-state index in [0.29, 0.717) is 12.3 Å². The van der Waals surface area contributed by atoms with E-state index in [2.05, 4.69) is 5.32 Å². The molecular formula is C13H18N2O2. The number of aryl methyl sites for hydroxylation is 1. The Morgan fingerprint density at radius 1 is 1.59 bits per heavy atom. The Morgan fingerprint density at radius 3 is 2.88 bits per heavy atom. The first-order valence-electron chi connectivity index (χ1n) is 5.91. The van der Waals surface area contributed by atoms with E-state index < -0.39 is 0 Å². The van der Waals surface area contributed by atoms with Crippen LogP contribution in [-0.2, 0) is 4.79 Å². The number of phenols is 1. The Kier molecular flexibility index (Phi) is 3.33. The Morgan fingerprint density at radius 2 is 2.29 bits per heavy atom. The van der Waals surface area contributed by atoms with Gasteiger partial charge in [0.2, 0.25) is 5.91 Å². The highest BCUT2D eigenvalue weighted by Crippen LogP contribution is 2.33. The van der Waals surface area contributed by atoms with Crippen molar-refractivity contribution in [3.8, 4) is 5.75 Å². The monoisotopic (exact) mass is 234 g/mol. The molecule has 0 radical (unpaired) electrons. The van der Waals surface area contributed by atoms with Crippen LogP contribution in [0, 0.1) is 12.8 Å². The van der Waals surface area contributed by atoms with E-state index in [1.54, 1.807) is 18.2 Å². The third kappa shape index (κ3) is 3.20. The second-order valence-electron chi connectivity index (χ2n) is 4.75. The van der Waals surface area contributed by atoms with Crippen LogP contribution >= 0.6 is 0 Å². The van der Waals surface area contributed by atoms with Crippen LogP contribution in [-0.4, -0.2) is 17.1 Å². The number of aromatic hydroxyl groups is 1. The van der Waals surface area contributed by atoms with Crippen molar-refractivity contribution in [2.75, 3.05) is 5.32 Å². The molecule has 1 aromatic carbocycles. The van der Waals surface area contributed by atoms with E-state index in [1.165, 1.54) is 0 Å². The molecule has 4 nitrogen and oxygen atoms in total. The van der Waals surface area contributed by atoms with Crippen molar-refractivity contribution in [1.82, 2.24) is 0 Å². The van der Waals surface area contributed by atoms with Crippen molar-refractivity contribution < 1.29 is 9.90 Å². The predicted molar refractivity (Wildman–Crippen MR) is 66.8 cm³/mol. The summed E-state index contributed by atoms with van der Waals surface area (Å²) in [6.45, 7) is 1.84. The van der Waals surface area contributed by atoms with Crippen LogP contribution in [0.25, 0.3) is 0 Å². The number of benzene rings is 1. The van der Waals surface area contributed by atoms with Gasteiger partial charge in [0.1, 0.15) is 5.75 Å². The summed E-state index contributed by atoms with van der Waals surface area (Å²) in [5, 5.41) is 12.1. The van der Waals surface area contributed by atoms with Crippen molar-refractivity contribution in [3.05, 3.63) is 23.8 Å². The summed E-state index contributed by atoms with van der Waals surface area (Å²) in [4.78, 5) is 11.7. The first kappa shape index (κ1) is 11.9. The molecule has 1 saturated carbocycles. The molecule has 1 unspecified atom stereocenters. The SMILES string of the molecule is Cc1cc(O)ccc1NC(=O)CC(N)C1CC1. The normalized spacial score (nSPS) is 16.6. The summed E-state index contributed by atoms with van der Waals surface area (Å²) in [7, 11) is 0. The second-order valence-corrected chi connectivity index (χ2v) is 4.75. The number of phenolic OH excluding ortho intramolecular Hbond substituents is 1. The standard InChI is InChI=1S/C13H18N2O2/c1-8-6-10(16)4-5-12(8)15-13(17)7-11(14)9-2-3-9/h4-6,9,11,16H,2-3,7,14H2,1H3,(H,15,17). The maximum absolute atomic E-state index is 11.7. The molecule has 1 aliphatic carbocycles. The number of rotatable bonds is 4. The molecule has 4 N–H and O–H groups in total. The van der Waals surface area contributed by atoms with E-state index in [-0.39, 0.29) is 17.7 Å². The highest BCUT2D eigenvalue weighted by atomic mass is 16.3. The summed E-state index contributed by atoms with van der Waals surface area (Å²) in [5.41, 5.74) is 7.47. The lowest BCUT2D eigenvalue weighted by atomic mass is 10.1. The number of amides is 1. The lowest BCUT2D eigenvalue weighted by molar-refractivity contribution is -0.116. The summed E-state index contributed by atoms with van der Waals surface area (Å²) in [6.07, 6.45) is 2.66. The first-order chi connectivity index (χ1) is 8.06. The van der Waals surface area contributed by atoms with Crippen molar-refractivity contribution in [2.24, 2.45) is 11.7 Å². The molecular weight excluding hydrogens is 216 g/mol. The van der Waals surface area contributed by atoms with Crippen molar-refractivity contribution in [3.63, 3.8) is 0 Å². The smallest absolute Gasteiger partial charge is 0.225 e. The molecule has 2 rings (SSSR count). The number of nitrogens with two attached hydrogens (primary N) is 1. The largest absolute Gasteiger partial charge is 0.508 e. The van der Waals surface area contributed by atoms with Gasteiger partial charge in [0, 0.05) is 18.2 Å². The summed E-state index contributed by atoms with van der Waals surface area (Å²) < 4.78 is 0. The van der Waals surface area contributed by atoms with E-state index in [1.807, 2.05) is 6.92 Å². The van der Waals surface area contributed by atoms with Gasteiger partial charge in [-0.25, -0.2) is 0 Å². The van der Waals surface area contributed by atoms with Gasteiger partial charge in [-0.15, -0.1) is 0 Å². The fourth-order valence-corrected chi connectivity index (χ4v) is 1.89. The van der Waals surface area contributed by atoms with Gasteiger partial charge in [-0.2, -0.15) is 0 Å². The predicted octanol–water partition coefficient (Wildman–Crippen LogP) is 1.77. The maximum atomic E-state index is 11.7. The van der Waals surface area contributed by atoms with E-state index >= 15 is 0 Å². The minimum atomic E-state index is -0.0572. The highest BCUT2D eigenvalue weighted by Gasteiger charge is 2.29. The topological polar surface area (TPSA) is 75.3 Å². The molecule has 1 atom stereocenters. The number of hydrogen-bond acceptors (Lipinski definition) is 3. The van der Waals surface area contributed by atoms with Crippen LogP contribution in [0.1, 0.15) is 24.8 Å². The van der Waals surface area contributed by atoms with Crippen LogP contribution in [0.5, 0.6) is 5.75 Å². The average molecular weight is 234 g/mol. The first-order valence-corrected chi connectivity index (χ1v) is 5.91. The third-order valence-electron chi connectivity index (χ3n) is 3.13. The molecule has 17 heavy (non-hydrogen) atoms. The Labute approximate surface area is 101 Å². The van der Waals surface area contributed by atoms with Crippen molar-refractivity contribution in [2.45, 2.75) is 32.2 Å². The average Bonchev–Trinajstić information content (AvgIpc) is 3.05. The molecule has 0 bridgehead atoms. The Hall–Kier alpha value is -1.55. The number of carbonyl (C=O) groups is 1. The van der Waals surface area contributed by atoms with Gasteiger partial charge in [-0.05, 0) is 49.4 Å². The molecule has 4 heteroatoms. The van der Waals surface area contributed by atoms with E-state index in [9.17, 15) is 9.90 Å². The fourth-order valence-electron chi connectivity index (χ4n) is 1.89. The van der Waals surface area contributed by atoms with Crippen molar-refractivity contribution in [1.29, 1.82) is 0 Å². The molecule has 0 heterocycles. The number of hydrogen-bond donors (Lipinski definition) is 3. The zero-order chi connectivity index (χ0) is 12.4. The van der Waals surface area contributed by atoms with Gasteiger partial charge < -0.3 is 16.2 Å². The molecule has 1 fully saturated rings. The van der Waals surface area contributed by atoms with Crippen LogP contribution in [0.15, 0.2) is 18.2 Å². The summed E-state index contributed by atoms with van der Waals surface area (Å²) in [5.74, 6) is 0.676. The number of carbonyl (C=O) groups excluding carboxylic acids is 1. The van der Waals surface area contributed by atoms with Crippen molar-refractivity contribution >= 4 is 11.6 Å². The van der Waals surface area contributed by atoms with Gasteiger partial charge >= 0.3 is 0 Å². The van der Waals surface area contributed by atoms with Crippen LogP contribution in [0.3, 0.4) is 0 Å². The zero-order valence-corrected chi connectivity index (χ0v) is 9.94. The van der Waals surface area contributed by atoms with Gasteiger partial charge in [0.25, 0.3) is 0 Å². The van der Waals surface area contributed by atoms with E-state index in [0.717, 1.165) is 24.1 Å². The maximum Gasteiger partial charge on any atom is 0.225 e. The van der Waals surface area contributed by atoms with Crippen LogP contribution < -0.4 is 11.1 Å². The summed E-state index contributed by atoms with van der Waals surface area (Å²) in [6, 6.07) is 4.86. The van der Waals surface area contributed by atoms with Crippen LogP contribution in [0.2, 0.25) is 0 Å². The van der Waals surface area contributed by atoms with Gasteiger partial charge in [-0.1, -0.05) is 0 Å².